The first kappa shape index (κ1) is 12.7. The number of hydrogen-bond donors (Lipinski definition) is 1. The minimum absolute atomic E-state index is 0.181. The molecule has 0 saturated heterocycles. The van der Waals surface area contributed by atoms with E-state index in [1.54, 1.807) is 0 Å². The maximum absolute atomic E-state index is 9.60. The van der Waals surface area contributed by atoms with Gasteiger partial charge >= 0.3 is 0 Å². The number of aliphatic hydroxyl groups is 1. The predicted molar refractivity (Wildman–Crippen MR) is 58.7 cm³/mol. The molecule has 0 aromatic heterocycles. The molecule has 1 heteroatoms. The third-order valence-electron chi connectivity index (χ3n) is 2.58. The van der Waals surface area contributed by atoms with Crippen LogP contribution in [-0.2, 0) is 0 Å². The van der Waals surface area contributed by atoms with Gasteiger partial charge in [0.05, 0.1) is 6.10 Å². The van der Waals surface area contributed by atoms with E-state index in [4.69, 9.17) is 0 Å². The van der Waals surface area contributed by atoms with Crippen molar-refractivity contribution in [2.45, 2.75) is 58.5 Å². The Morgan fingerprint density at radius 2 is 1.85 bits per heavy atom. The molecule has 0 rings (SSSR count). The molecule has 0 radical (unpaired) electrons. The van der Waals surface area contributed by atoms with E-state index in [1.807, 2.05) is 13.0 Å². The second-order valence-electron chi connectivity index (χ2n) is 3.87. The predicted octanol–water partition coefficient (Wildman–Crippen LogP) is 3.53. The van der Waals surface area contributed by atoms with Gasteiger partial charge in [-0.15, -0.1) is 6.58 Å². The topological polar surface area (TPSA) is 20.2 Å². The van der Waals surface area contributed by atoms with Crippen molar-refractivity contribution in [3.05, 3.63) is 12.7 Å². The van der Waals surface area contributed by atoms with Crippen LogP contribution >= 0.6 is 0 Å². The fraction of sp³-hybridized carbons (Fsp3) is 0.833. The highest BCUT2D eigenvalue weighted by Crippen LogP contribution is 2.13. The number of hydrogen-bond acceptors (Lipinski definition) is 1. The summed E-state index contributed by atoms with van der Waals surface area (Å²) in [6, 6.07) is 0. The molecule has 1 nitrogen and oxygen atoms in total. The van der Waals surface area contributed by atoms with Gasteiger partial charge in [-0.25, -0.2) is 0 Å². The van der Waals surface area contributed by atoms with Gasteiger partial charge in [0.15, 0.2) is 0 Å². The van der Waals surface area contributed by atoms with Crippen LogP contribution in [0, 0.1) is 5.92 Å². The van der Waals surface area contributed by atoms with Gasteiger partial charge < -0.3 is 5.11 Å². The molecule has 0 fully saturated rings. The maximum atomic E-state index is 9.60. The standard InChI is InChI=1S/C12H24O/c1-4-6-7-8-9-10-12(13)11(3)5-2/h5,11-13H,2,4,6-10H2,1,3H3/t11-,12+/m1/s1. The van der Waals surface area contributed by atoms with Gasteiger partial charge in [-0.05, 0) is 12.3 Å². The summed E-state index contributed by atoms with van der Waals surface area (Å²) in [6.07, 6.45) is 8.91. The molecular weight excluding hydrogens is 160 g/mol. The van der Waals surface area contributed by atoms with E-state index < -0.39 is 0 Å². The van der Waals surface area contributed by atoms with Crippen LogP contribution in [0.4, 0.5) is 0 Å². The van der Waals surface area contributed by atoms with Crippen LogP contribution in [0.1, 0.15) is 52.4 Å². The molecule has 0 heterocycles. The lowest BCUT2D eigenvalue weighted by Crippen LogP contribution is -2.14. The fourth-order valence-corrected chi connectivity index (χ4v) is 1.38. The van der Waals surface area contributed by atoms with Crippen LogP contribution < -0.4 is 0 Å². The molecule has 0 spiro atoms. The quantitative estimate of drug-likeness (QED) is 0.452. The van der Waals surface area contributed by atoms with Crippen LogP contribution in [-0.4, -0.2) is 11.2 Å². The van der Waals surface area contributed by atoms with Gasteiger partial charge in [-0.2, -0.15) is 0 Å². The average molecular weight is 184 g/mol. The van der Waals surface area contributed by atoms with E-state index in [0.29, 0.717) is 0 Å². The van der Waals surface area contributed by atoms with Crippen molar-refractivity contribution in [1.82, 2.24) is 0 Å². The number of rotatable bonds is 8. The minimum atomic E-state index is -0.181. The van der Waals surface area contributed by atoms with Crippen LogP contribution in [0.15, 0.2) is 12.7 Å². The van der Waals surface area contributed by atoms with E-state index >= 15 is 0 Å². The Bertz CT molecular complexity index is 120. The first-order valence-electron chi connectivity index (χ1n) is 5.53. The van der Waals surface area contributed by atoms with Crippen LogP contribution in [0.2, 0.25) is 0 Å². The highest BCUT2D eigenvalue weighted by molar-refractivity contribution is 4.80. The highest BCUT2D eigenvalue weighted by atomic mass is 16.3. The van der Waals surface area contributed by atoms with Crippen molar-refractivity contribution in [2.24, 2.45) is 5.92 Å². The molecule has 0 aliphatic rings. The number of aliphatic hydroxyl groups excluding tert-OH is 1. The summed E-state index contributed by atoms with van der Waals surface area (Å²) in [7, 11) is 0. The molecule has 0 unspecified atom stereocenters. The average Bonchev–Trinajstić information content (AvgIpc) is 2.16. The maximum Gasteiger partial charge on any atom is 0.0600 e. The van der Waals surface area contributed by atoms with Gasteiger partial charge in [-0.3, -0.25) is 0 Å². The molecular formula is C12H24O. The largest absolute Gasteiger partial charge is 0.393 e. The Labute approximate surface area is 82.9 Å². The summed E-state index contributed by atoms with van der Waals surface area (Å²) in [5.41, 5.74) is 0. The minimum Gasteiger partial charge on any atom is -0.393 e. The smallest absolute Gasteiger partial charge is 0.0600 e. The zero-order chi connectivity index (χ0) is 10.1. The summed E-state index contributed by atoms with van der Waals surface area (Å²) >= 11 is 0. The second-order valence-corrected chi connectivity index (χ2v) is 3.87. The summed E-state index contributed by atoms with van der Waals surface area (Å²) in [4.78, 5) is 0. The monoisotopic (exact) mass is 184 g/mol. The molecule has 0 aliphatic carbocycles. The van der Waals surface area contributed by atoms with Crippen molar-refractivity contribution in [3.8, 4) is 0 Å². The third-order valence-corrected chi connectivity index (χ3v) is 2.58. The lowest BCUT2D eigenvalue weighted by Gasteiger charge is -2.14. The summed E-state index contributed by atoms with van der Waals surface area (Å²) in [6.45, 7) is 7.91. The Morgan fingerprint density at radius 3 is 2.38 bits per heavy atom. The molecule has 13 heavy (non-hydrogen) atoms. The van der Waals surface area contributed by atoms with Crippen molar-refractivity contribution < 1.29 is 5.11 Å². The highest BCUT2D eigenvalue weighted by Gasteiger charge is 2.09. The van der Waals surface area contributed by atoms with Crippen LogP contribution in [0.25, 0.3) is 0 Å². The summed E-state index contributed by atoms with van der Waals surface area (Å²) < 4.78 is 0. The molecule has 0 aromatic rings. The molecule has 0 amide bonds. The SMILES string of the molecule is C=C[C@@H](C)[C@@H](O)CCCCCCC. The van der Waals surface area contributed by atoms with Gasteiger partial charge in [0.25, 0.3) is 0 Å². The zero-order valence-corrected chi connectivity index (χ0v) is 9.13. The molecule has 0 saturated carbocycles. The Morgan fingerprint density at radius 1 is 1.23 bits per heavy atom. The van der Waals surface area contributed by atoms with Crippen molar-refractivity contribution in [3.63, 3.8) is 0 Å². The van der Waals surface area contributed by atoms with Gasteiger partial charge in [0.2, 0.25) is 0 Å². The van der Waals surface area contributed by atoms with Crippen LogP contribution in [0.3, 0.4) is 0 Å². The Balaban J connectivity index is 3.26. The zero-order valence-electron chi connectivity index (χ0n) is 9.13. The van der Waals surface area contributed by atoms with E-state index in [9.17, 15) is 5.11 Å². The van der Waals surface area contributed by atoms with Gasteiger partial charge in [-0.1, -0.05) is 52.0 Å². The van der Waals surface area contributed by atoms with Gasteiger partial charge in [0.1, 0.15) is 0 Å². The molecule has 78 valence electrons. The summed E-state index contributed by atoms with van der Waals surface area (Å²) in [5, 5.41) is 9.60. The second kappa shape index (κ2) is 8.31. The Hall–Kier alpha value is -0.300. The third kappa shape index (κ3) is 6.83. The van der Waals surface area contributed by atoms with E-state index in [1.165, 1.54) is 25.7 Å². The fourth-order valence-electron chi connectivity index (χ4n) is 1.38. The van der Waals surface area contributed by atoms with E-state index in [-0.39, 0.29) is 12.0 Å². The normalized spacial score (nSPS) is 15.3. The molecule has 1 N–H and O–H groups in total. The lowest BCUT2D eigenvalue weighted by atomic mass is 9.99. The molecule has 0 aromatic carbocycles. The molecule has 0 aliphatic heterocycles. The Kier molecular flexibility index (Phi) is 8.11. The van der Waals surface area contributed by atoms with Gasteiger partial charge in [0, 0.05) is 0 Å². The van der Waals surface area contributed by atoms with Crippen LogP contribution in [0.5, 0.6) is 0 Å². The molecule has 2 atom stereocenters. The van der Waals surface area contributed by atoms with Crippen molar-refractivity contribution in [2.75, 3.05) is 0 Å². The van der Waals surface area contributed by atoms with E-state index in [0.717, 1.165) is 12.8 Å². The lowest BCUT2D eigenvalue weighted by molar-refractivity contribution is 0.125. The van der Waals surface area contributed by atoms with Crippen molar-refractivity contribution in [1.29, 1.82) is 0 Å². The number of unbranched alkanes of at least 4 members (excludes halogenated alkanes) is 4. The first-order valence-corrected chi connectivity index (χ1v) is 5.53. The van der Waals surface area contributed by atoms with E-state index in [2.05, 4.69) is 13.5 Å². The van der Waals surface area contributed by atoms with Crippen molar-refractivity contribution >= 4 is 0 Å². The first-order chi connectivity index (χ1) is 6.22. The molecule has 0 bridgehead atoms. The summed E-state index contributed by atoms with van der Waals surface area (Å²) in [5.74, 6) is 0.242.